The Balaban J connectivity index is 1.92. The Morgan fingerprint density at radius 2 is 1.97 bits per heavy atom. The standard InChI is InChI=1S/C24H32N2O2S/c1-5-9-22(27)26(18(4)6-2)16-23(28)25-14-12-21-20(13-15-29-21)24(25)19-11-8-7-10-17(19)3/h7-8,10-11,13,15,18,24H,5-6,9,12,14,16H2,1-4H3/t18-,24-/m0/s1. The summed E-state index contributed by atoms with van der Waals surface area (Å²) in [6, 6.07) is 10.5. The fourth-order valence-corrected chi connectivity index (χ4v) is 5.02. The van der Waals surface area contributed by atoms with Crippen LogP contribution in [0.3, 0.4) is 0 Å². The van der Waals surface area contributed by atoms with Gasteiger partial charge >= 0.3 is 0 Å². The van der Waals surface area contributed by atoms with E-state index in [1.54, 1.807) is 16.2 Å². The second kappa shape index (κ2) is 9.57. The third kappa shape index (κ3) is 4.55. The molecule has 0 N–H and O–H groups in total. The van der Waals surface area contributed by atoms with Gasteiger partial charge in [0.1, 0.15) is 6.54 Å². The van der Waals surface area contributed by atoms with Crippen molar-refractivity contribution in [3.8, 4) is 0 Å². The minimum atomic E-state index is -0.0706. The highest BCUT2D eigenvalue weighted by molar-refractivity contribution is 7.10. The van der Waals surface area contributed by atoms with Crippen molar-refractivity contribution in [2.24, 2.45) is 0 Å². The molecule has 0 bridgehead atoms. The largest absolute Gasteiger partial charge is 0.331 e. The normalized spacial score (nSPS) is 17.0. The van der Waals surface area contributed by atoms with E-state index in [-0.39, 0.29) is 30.4 Å². The summed E-state index contributed by atoms with van der Waals surface area (Å²) < 4.78 is 0. The zero-order valence-corrected chi connectivity index (χ0v) is 18.8. The first-order chi connectivity index (χ1) is 14.0. The number of nitrogens with zero attached hydrogens (tertiary/aromatic N) is 2. The Labute approximate surface area is 178 Å². The molecule has 4 nitrogen and oxygen atoms in total. The van der Waals surface area contributed by atoms with Crippen LogP contribution in [0.2, 0.25) is 0 Å². The molecule has 0 radical (unpaired) electrons. The molecule has 156 valence electrons. The molecule has 1 aliphatic heterocycles. The molecule has 0 fully saturated rings. The van der Waals surface area contributed by atoms with Crippen LogP contribution in [0.25, 0.3) is 0 Å². The minimum absolute atomic E-state index is 0.0415. The molecule has 0 aliphatic carbocycles. The molecule has 2 aromatic rings. The van der Waals surface area contributed by atoms with E-state index in [0.717, 1.165) is 19.3 Å². The van der Waals surface area contributed by atoms with Crippen molar-refractivity contribution in [3.05, 3.63) is 57.3 Å². The number of aryl methyl sites for hydroxylation is 1. The van der Waals surface area contributed by atoms with Gasteiger partial charge in [-0.3, -0.25) is 9.59 Å². The van der Waals surface area contributed by atoms with E-state index in [9.17, 15) is 9.59 Å². The van der Waals surface area contributed by atoms with E-state index < -0.39 is 0 Å². The van der Waals surface area contributed by atoms with Crippen molar-refractivity contribution in [1.82, 2.24) is 9.80 Å². The number of hydrogen-bond acceptors (Lipinski definition) is 3. The lowest BCUT2D eigenvalue weighted by Gasteiger charge is -2.39. The van der Waals surface area contributed by atoms with Crippen molar-refractivity contribution < 1.29 is 9.59 Å². The zero-order chi connectivity index (χ0) is 21.0. The molecule has 2 atom stereocenters. The SMILES string of the molecule is CCCC(=O)N(CC(=O)N1CCc2sccc2[C@@H]1c1ccccc1C)[C@@H](C)CC. The van der Waals surface area contributed by atoms with Gasteiger partial charge in [-0.05, 0) is 61.2 Å². The van der Waals surface area contributed by atoms with Gasteiger partial charge in [0.15, 0.2) is 0 Å². The highest BCUT2D eigenvalue weighted by atomic mass is 32.1. The van der Waals surface area contributed by atoms with E-state index in [1.807, 2.05) is 30.9 Å². The van der Waals surface area contributed by atoms with E-state index in [0.29, 0.717) is 13.0 Å². The van der Waals surface area contributed by atoms with Gasteiger partial charge in [-0.25, -0.2) is 0 Å². The Hall–Kier alpha value is -2.14. The van der Waals surface area contributed by atoms with Crippen LogP contribution in [-0.2, 0) is 16.0 Å². The molecule has 3 rings (SSSR count). The van der Waals surface area contributed by atoms with Gasteiger partial charge in [0.25, 0.3) is 0 Å². The lowest BCUT2D eigenvalue weighted by Crippen LogP contribution is -2.49. The van der Waals surface area contributed by atoms with E-state index in [1.165, 1.54) is 21.6 Å². The maximum absolute atomic E-state index is 13.5. The number of carbonyl (C=O) groups excluding carboxylic acids is 2. The average Bonchev–Trinajstić information content (AvgIpc) is 3.20. The summed E-state index contributed by atoms with van der Waals surface area (Å²) in [5.74, 6) is 0.121. The quantitative estimate of drug-likeness (QED) is 0.645. The van der Waals surface area contributed by atoms with E-state index >= 15 is 0 Å². The first kappa shape index (κ1) is 21.6. The lowest BCUT2D eigenvalue weighted by atomic mass is 9.90. The van der Waals surface area contributed by atoms with Crippen LogP contribution in [0.1, 0.15) is 67.6 Å². The maximum atomic E-state index is 13.5. The maximum Gasteiger partial charge on any atom is 0.243 e. The smallest absolute Gasteiger partial charge is 0.243 e. The fraction of sp³-hybridized carbons (Fsp3) is 0.500. The molecule has 0 saturated heterocycles. The number of amides is 2. The first-order valence-electron chi connectivity index (χ1n) is 10.7. The topological polar surface area (TPSA) is 40.6 Å². The molecule has 0 spiro atoms. The van der Waals surface area contributed by atoms with Crippen LogP contribution < -0.4 is 0 Å². The summed E-state index contributed by atoms with van der Waals surface area (Å²) in [7, 11) is 0. The summed E-state index contributed by atoms with van der Waals surface area (Å²) in [5.41, 5.74) is 3.60. The number of thiophene rings is 1. The average molecular weight is 413 g/mol. The third-order valence-corrected chi connectivity index (χ3v) is 6.98. The number of rotatable bonds is 7. The van der Waals surface area contributed by atoms with Gasteiger partial charge in [0.05, 0.1) is 6.04 Å². The Kier molecular flexibility index (Phi) is 7.12. The molecule has 1 aromatic heterocycles. The second-order valence-electron chi connectivity index (χ2n) is 7.92. The number of hydrogen-bond donors (Lipinski definition) is 0. The van der Waals surface area contributed by atoms with E-state index in [2.05, 4.69) is 37.4 Å². The number of benzene rings is 1. The van der Waals surface area contributed by atoms with Crippen LogP contribution in [0.5, 0.6) is 0 Å². The summed E-state index contributed by atoms with van der Waals surface area (Å²) in [5, 5.41) is 2.13. The predicted molar refractivity (Wildman–Crippen MR) is 119 cm³/mol. The molecule has 5 heteroatoms. The molecule has 0 unspecified atom stereocenters. The Morgan fingerprint density at radius 3 is 2.66 bits per heavy atom. The monoisotopic (exact) mass is 412 g/mol. The number of carbonyl (C=O) groups is 2. The highest BCUT2D eigenvalue weighted by Crippen LogP contribution is 2.39. The summed E-state index contributed by atoms with van der Waals surface area (Å²) in [4.78, 5) is 31.3. The zero-order valence-electron chi connectivity index (χ0n) is 18.0. The van der Waals surface area contributed by atoms with Crippen molar-refractivity contribution in [3.63, 3.8) is 0 Å². The number of fused-ring (bicyclic) bond motifs is 1. The van der Waals surface area contributed by atoms with Crippen molar-refractivity contribution >= 4 is 23.2 Å². The van der Waals surface area contributed by atoms with Crippen molar-refractivity contribution in [1.29, 1.82) is 0 Å². The molecule has 1 aromatic carbocycles. The molecular formula is C24H32N2O2S. The summed E-state index contributed by atoms with van der Waals surface area (Å²) in [6.07, 6.45) is 3.02. The van der Waals surface area contributed by atoms with Crippen LogP contribution in [-0.4, -0.2) is 40.7 Å². The first-order valence-corrected chi connectivity index (χ1v) is 11.6. The fourth-order valence-electron chi connectivity index (χ4n) is 4.12. The van der Waals surface area contributed by atoms with Gasteiger partial charge in [-0.15, -0.1) is 11.3 Å². The van der Waals surface area contributed by atoms with Crippen molar-refractivity contribution in [2.45, 2.75) is 65.5 Å². The highest BCUT2D eigenvalue weighted by Gasteiger charge is 2.35. The van der Waals surface area contributed by atoms with Crippen LogP contribution in [0.15, 0.2) is 35.7 Å². The Bertz CT molecular complexity index is 860. The van der Waals surface area contributed by atoms with E-state index in [4.69, 9.17) is 0 Å². The van der Waals surface area contributed by atoms with Crippen LogP contribution in [0.4, 0.5) is 0 Å². The second-order valence-corrected chi connectivity index (χ2v) is 8.92. The van der Waals surface area contributed by atoms with Crippen LogP contribution in [0, 0.1) is 6.92 Å². The van der Waals surface area contributed by atoms with Gasteiger partial charge in [0, 0.05) is 23.9 Å². The third-order valence-electron chi connectivity index (χ3n) is 5.98. The molecule has 29 heavy (non-hydrogen) atoms. The molecule has 2 amide bonds. The van der Waals surface area contributed by atoms with Crippen LogP contribution >= 0.6 is 11.3 Å². The van der Waals surface area contributed by atoms with Gasteiger partial charge in [0.2, 0.25) is 11.8 Å². The summed E-state index contributed by atoms with van der Waals surface area (Å²) in [6.45, 7) is 9.07. The van der Waals surface area contributed by atoms with Crippen molar-refractivity contribution in [2.75, 3.05) is 13.1 Å². The minimum Gasteiger partial charge on any atom is -0.331 e. The predicted octanol–water partition coefficient (Wildman–Crippen LogP) is 4.96. The Morgan fingerprint density at radius 1 is 1.21 bits per heavy atom. The molecule has 2 heterocycles. The summed E-state index contributed by atoms with van der Waals surface area (Å²) >= 11 is 1.77. The van der Waals surface area contributed by atoms with Gasteiger partial charge in [-0.1, -0.05) is 38.1 Å². The lowest BCUT2D eigenvalue weighted by molar-refractivity contribution is -0.143. The molecule has 0 saturated carbocycles. The molecule has 1 aliphatic rings. The molecular weight excluding hydrogens is 380 g/mol. The van der Waals surface area contributed by atoms with Gasteiger partial charge < -0.3 is 9.80 Å². The van der Waals surface area contributed by atoms with Gasteiger partial charge in [-0.2, -0.15) is 0 Å².